The highest BCUT2D eigenvalue weighted by atomic mass is 32.1. The number of hydrogen-bond donors (Lipinski definition) is 1. The Morgan fingerprint density at radius 2 is 2.46 bits per heavy atom. The van der Waals surface area contributed by atoms with Crippen molar-refractivity contribution in [3.05, 3.63) is 16.1 Å². The van der Waals surface area contributed by atoms with Gasteiger partial charge in [0.15, 0.2) is 0 Å². The molecule has 1 rings (SSSR count). The fraction of sp³-hybridized carbons (Fsp3) is 0.500. The number of hydrogen-bond acceptors (Lipinski definition) is 3. The van der Waals surface area contributed by atoms with E-state index < -0.39 is 0 Å². The van der Waals surface area contributed by atoms with Gasteiger partial charge in [-0.2, -0.15) is 0 Å². The third-order valence-corrected chi connectivity index (χ3v) is 2.84. The Hall–Kier alpha value is -0.850. The fourth-order valence-electron chi connectivity index (χ4n) is 1.09. The first-order chi connectivity index (χ1) is 6.27. The van der Waals surface area contributed by atoms with Crippen LogP contribution in [-0.4, -0.2) is 12.0 Å². The van der Waals surface area contributed by atoms with Crippen LogP contribution in [0.2, 0.25) is 0 Å². The van der Waals surface area contributed by atoms with E-state index in [1.54, 1.807) is 11.3 Å². The minimum Gasteiger partial charge on any atom is -0.311 e. The van der Waals surface area contributed by atoms with Gasteiger partial charge in [0.25, 0.3) is 0 Å². The van der Waals surface area contributed by atoms with Crippen molar-refractivity contribution in [2.75, 3.05) is 7.05 Å². The van der Waals surface area contributed by atoms with E-state index in [1.807, 2.05) is 27.1 Å². The predicted octanol–water partition coefficient (Wildman–Crippen LogP) is 2.13. The smallest absolute Gasteiger partial charge is 0.0897 e. The van der Waals surface area contributed by atoms with E-state index in [9.17, 15) is 0 Å². The van der Waals surface area contributed by atoms with E-state index in [-0.39, 0.29) is 0 Å². The zero-order valence-corrected chi connectivity index (χ0v) is 9.03. The SMILES string of the molecule is CC#CCC(NC)c1cnc(C)s1. The molecule has 1 heterocycles. The number of thiazole rings is 1. The Bertz CT molecular complexity index is 319. The number of aromatic nitrogens is 1. The summed E-state index contributed by atoms with van der Waals surface area (Å²) in [6.07, 6.45) is 2.78. The van der Waals surface area contributed by atoms with Crippen molar-refractivity contribution >= 4 is 11.3 Å². The van der Waals surface area contributed by atoms with Crippen LogP contribution in [0.1, 0.15) is 29.3 Å². The van der Waals surface area contributed by atoms with E-state index in [1.165, 1.54) is 4.88 Å². The van der Waals surface area contributed by atoms with Crippen molar-refractivity contribution in [1.29, 1.82) is 0 Å². The highest BCUT2D eigenvalue weighted by Gasteiger charge is 2.09. The third-order valence-electron chi connectivity index (χ3n) is 1.81. The lowest BCUT2D eigenvalue weighted by Gasteiger charge is -2.09. The van der Waals surface area contributed by atoms with Gasteiger partial charge in [0.05, 0.1) is 11.0 Å². The van der Waals surface area contributed by atoms with Gasteiger partial charge in [-0.25, -0.2) is 4.98 Å². The standard InChI is InChI=1S/C10H14N2S/c1-4-5-6-9(11-3)10-7-12-8(2)13-10/h7,9,11H,6H2,1-3H3. The molecular weight excluding hydrogens is 180 g/mol. The van der Waals surface area contributed by atoms with Gasteiger partial charge in [-0.1, -0.05) is 0 Å². The molecule has 1 unspecified atom stereocenters. The summed E-state index contributed by atoms with van der Waals surface area (Å²) >= 11 is 1.73. The van der Waals surface area contributed by atoms with Crippen LogP contribution in [0.3, 0.4) is 0 Å². The topological polar surface area (TPSA) is 24.9 Å². The van der Waals surface area contributed by atoms with Crippen LogP contribution in [0, 0.1) is 18.8 Å². The second-order valence-corrected chi connectivity index (χ2v) is 4.02. The number of nitrogens with zero attached hydrogens (tertiary/aromatic N) is 1. The Labute approximate surface area is 83.4 Å². The summed E-state index contributed by atoms with van der Waals surface area (Å²) in [5.41, 5.74) is 0. The summed E-state index contributed by atoms with van der Waals surface area (Å²) in [5, 5.41) is 4.35. The Kier molecular flexibility index (Phi) is 3.94. The minimum atomic E-state index is 0.332. The lowest BCUT2D eigenvalue weighted by Crippen LogP contribution is -2.14. The van der Waals surface area contributed by atoms with E-state index in [0.717, 1.165) is 11.4 Å². The van der Waals surface area contributed by atoms with E-state index in [2.05, 4.69) is 22.1 Å². The van der Waals surface area contributed by atoms with Gasteiger partial charge in [-0.3, -0.25) is 0 Å². The molecule has 0 radical (unpaired) electrons. The van der Waals surface area contributed by atoms with Gasteiger partial charge in [0, 0.05) is 17.5 Å². The fourth-order valence-corrected chi connectivity index (χ4v) is 1.98. The first-order valence-corrected chi connectivity index (χ1v) is 5.08. The molecule has 0 aliphatic carbocycles. The van der Waals surface area contributed by atoms with Crippen molar-refractivity contribution in [2.24, 2.45) is 0 Å². The van der Waals surface area contributed by atoms with Gasteiger partial charge in [0.1, 0.15) is 0 Å². The van der Waals surface area contributed by atoms with Crippen LogP contribution in [0.15, 0.2) is 6.20 Å². The van der Waals surface area contributed by atoms with E-state index in [4.69, 9.17) is 0 Å². The van der Waals surface area contributed by atoms with Crippen LogP contribution in [0.25, 0.3) is 0 Å². The largest absolute Gasteiger partial charge is 0.311 e. The predicted molar refractivity (Wildman–Crippen MR) is 56.7 cm³/mol. The molecule has 0 aliphatic heterocycles. The molecule has 0 bridgehead atoms. The van der Waals surface area contributed by atoms with E-state index >= 15 is 0 Å². The van der Waals surface area contributed by atoms with E-state index in [0.29, 0.717) is 6.04 Å². The zero-order chi connectivity index (χ0) is 9.68. The molecule has 13 heavy (non-hydrogen) atoms. The van der Waals surface area contributed by atoms with Crippen LogP contribution in [0.5, 0.6) is 0 Å². The lowest BCUT2D eigenvalue weighted by atomic mass is 10.2. The molecule has 1 atom stereocenters. The first kappa shape index (κ1) is 10.2. The van der Waals surface area contributed by atoms with Gasteiger partial charge >= 0.3 is 0 Å². The summed E-state index contributed by atoms with van der Waals surface area (Å²) in [6.45, 7) is 3.89. The first-order valence-electron chi connectivity index (χ1n) is 4.27. The molecule has 0 amide bonds. The average Bonchev–Trinajstić information content (AvgIpc) is 2.54. The van der Waals surface area contributed by atoms with Crippen LogP contribution in [-0.2, 0) is 0 Å². The van der Waals surface area contributed by atoms with Crippen LogP contribution < -0.4 is 5.32 Å². The molecule has 1 aromatic rings. The molecule has 0 spiro atoms. The summed E-state index contributed by atoms with van der Waals surface area (Å²) in [6, 6.07) is 0.332. The molecule has 3 heteroatoms. The molecular formula is C10H14N2S. The molecule has 0 aromatic carbocycles. The second-order valence-electron chi connectivity index (χ2n) is 2.75. The zero-order valence-electron chi connectivity index (χ0n) is 8.22. The molecule has 2 nitrogen and oxygen atoms in total. The molecule has 1 N–H and O–H groups in total. The maximum atomic E-state index is 4.22. The van der Waals surface area contributed by atoms with Crippen molar-refractivity contribution in [2.45, 2.75) is 26.3 Å². The van der Waals surface area contributed by atoms with Gasteiger partial charge < -0.3 is 5.32 Å². The van der Waals surface area contributed by atoms with Crippen LogP contribution >= 0.6 is 11.3 Å². The average molecular weight is 194 g/mol. The van der Waals surface area contributed by atoms with Gasteiger partial charge in [-0.15, -0.1) is 23.2 Å². The monoisotopic (exact) mass is 194 g/mol. The van der Waals surface area contributed by atoms with Gasteiger partial charge in [0.2, 0.25) is 0 Å². The molecule has 0 saturated heterocycles. The molecule has 1 aromatic heterocycles. The highest BCUT2D eigenvalue weighted by Crippen LogP contribution is 2.22. The number of aryl methyl sites for hydroxylation is 1. The summed E-state index contributed by atoms with van der Waals surface area (Å²) < 4.78 is 0. The van der Waals surface area contributed by atoms with Crippen LogP contribution in [0.4, 0.5) is 0 Å². The Morgan fingerprint density at radius 1 is 1.69 bits per heavy atom. The second kappa shape index (κ2) is 5.00. The summed E-state index contributed by atoms with van der Waals surface area (Å²) in [5.74, 6) is 5.98. The molecule has 0 aliphatic rings. The number of nitrogens with one attached hydrogen (secondary N) is 1. The Balaban J connectivity index is 2.70. The number of rotatable bonds is 3. The molecule has 70 valence electrons. The molecule has 0 saturated carbocycles. The maximum absolute atomic E-state index is 4.22. The quantitative estimate of drug-likeness (QED) is 0.746. The third kappa shape index (κ3) is 2.83. The lowest BCUT2D eigenvalue weighted by molar-refractivity contribution is 0.621. The summed E-state index contributed by atoms with van der Waals surface area (Å²) in [7, 11) is 1.96. The molecule has 0 fully saturated rings. The van der Waals surface area contributed by atoms with Crippen molar-refractivity contribution < 1.29 is 0 Å². The van der Waals surface area contributed by atoms with Crippen molar-refractivity contribution in [1.82, 2.24) is 10.3 Å². The van der Waals surface area contributed by atoms with Crippen molar-refractivity contribution in [3.63, 3.8) is 0 Å². The normalized spacial score (nSPS) is 11.9. The Morgan fingerprint density at radius 3 is 2.92 bits per heavy atom. The van der Waals surface area contributed by atoms with Gasteiger partial charge in [-0.05, 0) is 20.9 Å². The highest BCUT2D eigenvalue weighted by molar-refractivity contribution is 7.11. The van der Waals surface area contributed by atoms with Crippen molar-refractivity contribution in [3.8, 4) is 11.8 Å². The minimum absolute atomic E-state index is 0.332. The maximum Gasteiger partial charge on any atom is 0.0897 e. The summed E-state index contributed by atoms with van der Waals surface area (Å²) in [4.78, 5) is 5.49.